The fourth-order valence-corrected chi connectivity index (χ4v) is 2.51. The normalized spacial score (nSPS) is 17.4. The second kappa shape index (κ2) is 5.84. The van der Waals surface area contributed by atoms with Gasteiger partial charge in [-0.05, 0) is 18.9 Å². The maximum atomic E-state index is 4.62. The molecule has 0 aromatic carbocycles. The van der Waals surface area contributed by atoms with E-state index in [0.717, 1.165) is 17.5 Å². The van der Waals surface area contributed by atoms with Gasteiger partial charge >= 0.3 is 0 Å². The summed E-state index contributed by atoms with van der Waals surface area (Å²) in [7, 11) is 0. The van der Waals surface area contributed by atoms with Crippen molar-refractivity contribution in [2.24, 2.45) is 0 Å². The molecule has 15 heavy (non-hydrogen) atoms. The van der Waals surface area contributed by atoms with Crippen molar-refractivity contribution < 1.29 is 0 Å². The number of hydrogen-bond donors (Lipinski definition) is 1. The third-order valence-corrected chi connectivity index (χ3v) is 3.48. The SMILES string of the molecule is ICCNCc1ccn(C2CCCC2)n1. The molecular weight excluding hydrogens is 301 g/mol. The number of rotatable bonds is 5. The van der Waals surface area contributed by atoms with Crippen LogP contribution in [0.2, 0.25) is 0 Å². The molecule has 0 aliphatic heterocycles. The van der Waals surface area contributed by atoms with E-state index in [1.54, 1.807) is 0 Å². The molecule has 2 rings (SSSR count). The molecule has 84 valence electrons. The van der Waals surface area contributed by atoms with Gasteiger partial charge in [0.25, 0.3) is 0 Å². The molecule has 0 spiro atoms. The number of hydrogen-bond acceptors (Lipinski definition) is 2. The number of alkyl halides is 1. The molecule has 4 heteroatoms. The minimum absolute atomic E-state index is 0.670. The van der Waals surface area contributed by atoms with E-state index in [9.17, 15) is 0 Å². The van der Waals surface area contributed by atoms with Gasteiger partial charge in [-0.1, -0.05) is 35.4 Å². The van der Waals surface area contributed by atoms with Gasteiger partial charge in [0.1, 0.15) is 0 Å². The van der Waals surface area contributed by atoms with Crippen LogP contribution in [0, 0.1) is 0 Å². The van der Waals surface area contributed by atoms with Crippen molar-refractivity contribution in [1.82, 2.24) is 15.1 Å². The lowest BCUT2D eigenvalue weighted by atomic mass is 10.3. The minimum atomic E-state index is 0.670. The third kappa shape index (κ3) is 3.17. The highest BCUT2D eigenvalue weighted by Crippen LogP contribution is 2.28. The summed E-state index contributed by atoms with van der Waals surface area (Å²) >= 11 is 2.38. The van der Waals surface area contributed by atoms with E-state index < -0.39 is 0 Å². The number of halogens is 1. The van der Waals surface area contributed by atoms with Gasteiger partial charge in [0.15, 0.2) is 0 Å². The van der Waals surface area contributed by atoms with Crippen molar-refractivity contribution in [2.75, 3.05) is 11.0 Å². The van der Waals surface area contributed by atoms with Crippen LogP contribution in [0.5, 0.6) is 0 Å². The summed E-state index contributed by atoms with van der Waals surface area (Å²) in [5, 5.41) is 7.99. The van der Waals surface area contributed by atoms with E-state index in [2.05, 4.69) is 50.0 Å². The molecule has 1 heterocycles. The van der Waals surface area contributed by atoms with Crippen LogP contribution < -0.4 is 5.32 Å². The molecule has 1 fully saturated rings. The first-order chi connectivity index (χ1) is 7.40. The first-order valence-corrected chi connectivity index (χ1v) is 7.23. The van der Waals surface area contributed by atoms with Gasteiger partial charge in [0.05, 0.1) is 11.7 Å². The zero-order valence-corrected chi connectivity index (χ0v) is 11.1. The van der Waals surface area contributed by atoms with Crippen LogP contribution in [0.25, 0.3) is 0 Å². The van der Waals surface area contributed by atoms with Crippen LogP contribution in [-0.2, 0) is 6.54 Å². The molecule has 0 amide bonds. The molecule has 0 atom stereocenters. The number of nitrogens with one attached hydrogen (secondary N) is 1. The number of nitrogens with zero attached hydrogens (tertiary/aromatic N) is 2. The topological polar surface area (TPSA) is 29.9 Å². The average molecular weight is 319 g/mol. The summed E-state index contributed by atoms with van der Waals surface area (Å²) in [6.45, 7) is 1.97. The van der Waals surface area contributed by atoms with Crippen molar-refractivity contribution in [3.63, 3.8) is 0 Å². The third-order valence-electron chi connectivity index (χ3n) is 2.94. The largest absolute Gasteiger partial charge is 0.310 e. The summed E-state index contributed by atoms with van der Waals surface area (Å²) in [5.74, 6) is 0. The molecule has 1 N–H and O–H groups in total. The first-order valence-electron chi connectivity index (χ1n) is 5.71. The van der Waals surface area contributed by atoms with E-state index in [1.807, 2.05) is 0 Å². The van der Waals surface area contributed by atoms with Crippen molar-refractivity contribution in [3.8, 4) is 0 Å². The van der Waals surface area contributed by atoms with E-state index in [0.29, 0.717) is 6.04 Å². The minimum Gasteiger partial charge on any atom is -0.310 e. The van der Waals surface area contributed by atoms with Crippen LogP contribution >= 0.6 is 22.6 Å². The predicted molar refractivity (Wildman–Crippen MR) is 70.3 cm³/mol. The smallest absolute Gasteiger partial charge is 0.0762 e. The lowest BCUT2D eigenvalue weighted by Crippen LogP contribution is -2.16. The highest BCUT2D eigenvalue weighted by atomic mass is 127. The molecule has 1 aromatic rings. The molecule has 0 bridgehead atoms. The Kier molecular flexibility index (Phi) is 4.43. The van der Waals surface area contributed by atoms with Gasteiger partial charge in [-0.25, -0.2) is 0 Å². The van der Waals surface area contributed by atoms with Crippen molar-refractivity contribution in [2.45, 2.75) is 38.3 Å². The molecule has 1 saturated carbocycles. The highest BCUT2D eigenvalue weighted by Gasteiger charge is 2.17. The zero-order chi connectivity index (χ0) is 10.5. The summed E-state index contributed by atoms with van der Waals surface area (Å²) in [6, 6.07) is 2.81. The summed E-state index contributed by atoms with van der Waals surface area (Å²) in [5.41, 5.74) is 1.17. The van der Waals surface area contributed by atoms with Gasteiger partial charge in [-0.3, -0.25) is 4.68 Å². The summed E-state index contributed by atoms with van der Waals surface area (Å²) in [6.07, 6.45) is 7.49. The van der Waals surface area contributed by atoms with Gasteiger partial charge in [0.2, 0.25) is 0 Å². The van der Waals surface area contributed by atoms with Crippen LogP contribution in [0.4, 0.5) is 0 Å². The molecular formula is C11H18IN3. The van der Waals surface area contributed by atoms with E-state index in [-0.39, 0.29) is 0 Å². The molecule has 1 aliphatic rings. The van der Waals surface area contributed by atoms with Crippen LogP contribution in [0.3, 0.4) is 0 Å². The lowest BCUT2D eigenvalue weighted by molar-refractivity contribution is 0.461. The molecule has 3 nitrogen and oxygen atoms in total. The Bertz CT molecular complexity index is 292. The van der Waals surface area contributed by atoms with Gasteiger partial charge in [0, 0.05) is 23.7 Å². The molecule has 1 aliphatic carbocycles. The van der Waals surface area contributed by atoms with Gasteiger partial charge < -0.3 is 5.32 Å². The Hall–Kier alpha value is -0.100. The quantitative estimate of drug-likeness (QED) is 0.513. The first kappa shape index (κ1) is 11.4. The number of aromatic nitrogens is 2. The van der Waals surface area contributed by atoms with Crippen molar-refractivity contribution in [1.29, 1.82) is 0 Å². The zero-order valence-electron chi connectivity index (χ0n) is 8.95. The van der Waals surface area contributed by atoms with Crippen LogP contribution in [0.15, 0.2) is 12.3 Å². The van der Waals surface area contributed by atoms with E-state index in [4.69, 9.17) is 0 Å². The fraction of sp³-hybridized carbons (Fsp3) is 0.727. The van der Waals surface area contributed by atoms with E-state index >= 15 is 0 Å². The molecule has 0 saturated heterocycles. The molecule has 0 unspecified atom stereocenters. The molecule has 1 aromatic heterocycles. The van der Waals surface area contributed by atoms with Gasteiger partial charge in [-0.15, -0.1) is 0 Å². The highest BCUT2D eigenvalue weighted by molar-refractivity contribution is 14.1. The van der Waals surface area contributed by atoms with E-state index in [1.165, 1.54) is 31.4 Å². The van der Waals surface area contributed by atoms with Crippen LogP contribution in [0.1, 0.15) is 37.4 Å². The van der Waals surface area contributed by atoms with Crippen molar-refractivity contribution >= 4 is 22.6 Å². The lowest BCUT2D eigenvalue weighted by Gasteiger charge is -2.08. The Balaban J connectivity index is 1.86. The van der Waals surface area contributed by atoms with Crippen molar-refractivity contribution in [3.05, 3.63) is 18.0 Å². The Labute approximate surface area is 105 Å². The molecule has 0 radical (unpaired) electrons. The van der Waals surface area contributed by atoms with Crippen LogP contribution in [-0.4, -0.2) is 20.8 Å². The average Bonchev–Trinajstić information content (AvgIpc) is 2.87. The standard InChI is InChI=1S/C11H18IN3/c12-6-7-13-9-10-5-8-15(14-10)11-3-1-2-4-11/h5,8,11,13H,1-4,6-7,9H2. The Morgan fingerprint density at radius 2 is 2.27 bits per heavy atom. The summed E-state index contributed by atoms with van der Waals surface area (Å²) < 4.78 is 3.31. The van der Waals surface area contributed by atoms with Gasteiger partial charge in [-0.2, -0.15) is 5.10 Å². The Morgan fingerprint density at radius 1 is 1.47 bits per heavy atom. The maximum absolute atomic E-state index is 4.62. The second-order valence-corrected chi connectivity index (χ2v) is 5.17. The summed E-state index contributed by atoms with van der Waals surface area (Å²) in [4.78, 5) is 0. The predicted octanol–water partition coefficient (Wildman–Crippen LogP) is 2.52. The maximum Gasteiger partial charge on any atom is 0.0762 e. The second-order valence-electron chi connectivity index (χ2n) is 4.09. The monoisotopic (exact) mass is 319 g/mol. The Morgan fingerprint density at radius 3 is 3.00 bits per heavy atom. The fourth-order valence-electron chi connectivity index (χ4n) is 2.13.